The smallest absolute Gasteiger partial charge is 0.338 e. The predicted molar refractivity (Wildman–Crippen MR) is 146 cm³/mol. The zero-order valence-corrected chi connectivity index (χ0v) is 22.2. The van der Waals surface area contributed by atoms with Crippen molar-refractivity contribution in [3.8, 4) is 5.75 Å². The van der Waals surface area contributed by atoms with E-state index in [4.69, 9.17) is 4.74 Å². The van der Waals surface area contributed by atoms with E-state index >= 15 is 0 Å². The molecule has 3 aromatic carbocycles. The van der Waals surface area contributed by atoms with Gasteiger partial charge in [-0.3, -0.25) is 4.90 Å². The van der Waals surface area contributed by atoms with Gasteiger partial charge in [-0.15, -0.1) is 12.4 Å². The van der Waals surface area contributed by atoms with E-state index in [0.29, 0.717) is 17.6 Å². The summed E-state index contributed by atoms with van der Waals surface area (Å²) in [5.74, 6) is -0.238. The lowest BCUT2D eigenvalue weighted by Crippen LogP contribution is -2.38. The van der Waals surface area contributed by atoms with Crippen molar-refractivity contribution in [2.45, 2.75) is 65.1 Å². The average Bonchev–Trinajstić information content (AvgIpc) is 2.83. The third-order valence-electron chi connectivity index (χ3n) is 6.40. The SMILES string of the molecule is CC(C)N(CC[C@@H](c1ccccc1)c1cc(C(=O)O[C@@H](C)c2ccccc2)ccc1O)C(C)C.Cl. The molecule has 3 rings (SSSR count). The van der Waals surface area contributed by atoms with Crippen molar-refractivity contribution in [2.24, 2.45) is 0 Å². The fraction of sp³-hybridized carbons (Fsp3) is 0.367. The van der Waals surface area contributed by atoms with Crippen LogP contribution in [0.2, 0.25) is 0 Å². The summed E-state index contributed by atoms with van der Waals surface area (Å²) in [4.78, 5) is 15.4. The van der Waals surface area contributed by atoms with Gasteiger partial charge >= 0.3 is 5.97 Å². The van der Waals surface area contributed by atoms with Gasteiger partial charge in [0.1, 0.15) is 11.9 Å². The maximum atomic E-state index is 13.0. The van der Waals surface area contributed by atoms with Crippen LogP contribution in [0.5, 0.6) is 5.75 Å². The Balaban J connectivity index is 0.00000432. The lowest BCUT2D eigenvalue weighted by molar-refractivity contribution is 0.0337. The number of nitrogens with zero attached hydrogens (tertiary/aromatic N) is 1. The fourth-order valence-corrected chi connectivity index (χ4v) is 4.56. The second-order valence-electron chi connectivity index (χ2n) is 9.41. The van der Waals surface area contributed by atoms with Gasteiger partial charge < -0.3 is 9.84 Å². The topological polar surface area (TPSA) is 49.8 Å². The Morgan fingerprint density at radius 2 is 1.37 bits per heavy atom. The van der Waals surface area contributed by atoms with Gasteiger partial charge in [-0.1, -0.05) is 60.7 Å². The van der Waals surface area contributed by atoms with Crippen LogP contribution in [0.4, 0.5) is 0 Å². The van der Waals surface area contributed by atoms with Gasteiger partial charge in [-0.25, -0.2) is 4.79 Å². The Labute approximate surface area is 216 Å². The average molecular weight is 496 g/mol. The molecule has 0 radical (unpaired) electrons. The number of carbonyl (C=O) groups excluding carboxylic acids is 1. The number of benzene rings is 3. The van der Waals surface area contributed by atoms with Gasteiger partial charge in [-0.2, -0.15) is 0 Å². The molecule has 0 fully saturated rings. The zero-order chi connectivity index (χ0) is 24.7. The number of carbonyl (C=O) groups is 1. The minimum atomic E-state index is -0.393. The van der Waals surface area contributed by atoms with Crippen molar-refractivity contribution in [1.82, 2.24) is 4.90 Å². The molecule has 3 aromatic rings. The van der Waals surface area contributed by atoms with E-state index in [9.17, 15) is 9.90 Å². The number of aromatic hydroxyl groups is 1. The van der Waals surface area contributed by atoms with E-state index in [-0.39, 0.29) is 30.2 Å². The minimum absolute atomic E-state index is 0. The quantitative estimate of drug-likeness (QED) is 0.298. The van der Waals surface area contributed by atoms with Gasteiger partial charge in [0.05, 0.1) is 5.56 Å². The molecule has 5 heteroatoms. The predicted octanol–water partition coefficient (Wildman–Crippen LogP) is 7.37. The minimum Gasteiger partial charge on any atom is -0.508 e. The molecular formula is C30H38ClNO3. The fourth-order valence-electron chi connectivity index (χ4n) is 4.56. The van der Waals surface area contributed by atoms with Crippen LogP contribution >= 0.6 is 12.4 Å². The van der Waals surface area contributed by atoms with E-state index < -0.39 is 5.97 Å². The van der Waals surface area contributed by atoms with Gasteiger partial charge in [0.2, 0.25) is 0 Å². The molecular weight excluding hydrogens is 458 g/mol. The number of ether oxygens (including phenoxy) is 1. The highest BCUT2D eigenvalue weighted by Gasteiger charge is 2.23. The van der Waals surface area contributed by atoms with Crippen molar-refractivity contribution in [3.05, 3.63) is 101 Å². The molecule has 0 bridgehead atoms. The molecule has 0 spiro atoms. The molecule has 0 saturated carbocycles. The number of phenols is 1. The highest BCUT2D eigenvalue weighted by Crippen LogP contribution is 2.35. The molecule has 0 heterocycles. The summed E-state index contributed by atoms with van der Waals surface area (Å²) in [7, 11) is 0. The lowest BCUT2D eigenvalue weighted by Gasteiger charge is -2.32. The first kappa shape index (κ1) is 28.4. The standard InChI is InChI=1S/C30H37NO3.ClH/c1-21(2)31(22(3)4)19-18-27(25-14-10-7-11-15-25)28-20-26(16-17-29(28)32)30(33)34-23(5)24-12-8-6-9-13-24;/h6-17,20-23,27,32H,18-19H2,1-5H3;1H/t23-,27-;/m0./s1. The zero-order valence-electron chi connectivity index (χ0n) is 21.3. The number of hydrogen-bond donors (Lipinski definition) is 1. The van der Waals surface area contributed by atoms with Crippen molar-refractivity contribution in [1.29, 1.82) is 0 Å². The van der Waals surface area contributed by atoms with Crippen LogP contribution in [0.25, 0.3) is 0 Å². The van der Waals surface area contributed by atoms with Crippen LogP contribution < -0.4 is 0 Å². The molecule has 0 aliphatic rings. The Bertz CT molecular complexity index is 1050. The molecule has 4 nitrogen and oxygen atoms in total. The molecule has 1 N–H and O–H groups in total. The maximum absolute atomic E-state index is 13.0. The van der Waals surface area contributed by atoms with E-state index in [1.165, 1.54) is 0 Å². The third-order valence-corrected chi connectivity index (χ3v) is 6.40. The Morgan fingerprint density at radius 1 is 0.829 bits per heavy atom. The lowest BCUT2D eigenvalue weighted by atomic mass is 9.86. The molecule has 35 heavy (non-hydrogen) atoms. The number of esters is 1. The first-order valence-electron chi connectivity index (χ1n) is 12.2. The number of rotatable bonds is 10. The van der Waals surface area contributed by atoms with Gasteiger partial charge in [0.15, 0.2) is 0 Å². The van der Waals surface area contributed by atoms with Crippen molar-refractivity contribution >= 4 is 18.4 Å². The normalized spacial score (nSPS) is 12.9. The first-order chi connectivity index (χ1) is 16.3. The molecule has 188 valence electrons. The molecule has 0 saturated heterocycles. The second kappa shape index (κ2) is 13.3. The Morgan fingerprint density at radius 3 is 1.91 bits per heavy atom. The monoisotopic (exact) mass is 495 g/mol. The molecule has 0 amide bonds. The Kier molecular flexibility index (Phi) is 10.8. The summed E-state index contributed by atoms with van der Waals surface area (Å²) in [6, 6.07) is 25.8. The molecule has 0 aliphatic heterocycles. The van der Waals surface area contributed by atoms with Crippen LogP contribution in [0.15, 0.2) is 78.9 Å². The van der Waals surface area contributed by atoms with Gasteiger partial charge in [0, 0.05) is 23.6 Å². The third kappa shape index (κ3) is 7.58. The summed E-state index contributed by atoms with van der Waals surface area (Å²) >= 11 is 0. The van der Waals surface area contributed by atoms with Crippen LogP contribution in [0, 0.1) is 0 Å². The molecule has 0 unspecified atom stereocenters. The second-order valence-corrected chi connectivity index (χ2v) is 9.41. The van der Waals surface area contributed by atoms with Gasteiger partial charge in [0.25, 0.3) is 0 Å². The van der Waals surface area contributed by atoms with E-state index in [1.54, 1.807) is 18.2 Å². The number of halogens is 1. The van der Waals surface area contributed by atoms with Crippen molar-refractivity contribution < 1.29 is 14.6 Å². The summed E-state index contributed by atoms with van der Waals surface area (Å²) in [5.41, 5.74) is 3.26. The highest BCUT2D eigenvalue weighted by atomic mass is 35.5. The Hall–Kier alpha value is -2.82. The maximum Gasteiger partial charge on any atom is 0.338 e. The van der Waals surface area contributed by atoms with Crippen LogP contribution in [-0.4, -0.2) is 34.6 Å². The van der Waals surface area contributed by atoms with Crippen LogP contribution in [0.3, 0.4) is 0 Å². The van der Waals surface area contributed by atoms with Crippen molar-refractivity contribution in [3.63, 3.8) is 0 Å². The van der Waals surface area contributed by atoms with Crippen LogP contribution in [-0.2, 0) is 4.74 Å². The molecule has 0 aliphatic carbocycles. The molecule has 0 aromatic heterocycles. The largest absolute Gasteiger partial charge is 0.508 e. The van der Waals surface area contributed by atoms with Crippen LogP contribution in [0.1, 0.15) is 80.1 Å². The number of hydrogen-bond acceptors (Lipinski definition) is 4. The van der Waals surface area contributed by atoms with E-state index in [1.807, 2.05) is 55.5 Å². The summed E-state index contributed by atoms with van der Waals surface area (Å²) in [6.45, 7) is 11.6. The number of phenolic OH excluding ortho intramolecular Hbond substituents is 1. The van der Waals surface area contributed by atoms with Gasteiger partial charge in [-0.05, 0) is 76.9 Å². The summed E-state index contributed by atoms with van der Waals surface area (Å²) in [6.07, 6.45) is 0.467. The highest BCUT2D eigenvalue weighted by molar-refractivity contribution is 5.90. The summed E-state index contributed by atoms with van der Waals surface area (Å²) in [5, 5.41) is 10.8. The van der Waals surface area contributed by atoms with E-state index in [0.717, 1.165) is 29.7 Å². The van der Waals surface area contributed by atoms with Crippen molar-refractivity contribution in [2.75, 3.05) is 6.54 Å². The first-order valence-corrected chi connectivity index (χ1v) is 12.2. The summed E-state index contributed by atoms with van der Waals surface area (Å²) < 4.78 is 5.74. The van der Waals surface area contributed by atoms with E-state index in [2.05, 4.69) is 44.7 Å². The molecule has 2 atom stereocenters.